The molecule has 8 aromatic rings. The minimum absolute atomic E-state index is 0.576. The summed E-state index contributed by atoms with van der Waals surface area (Å²) in [5.41, 5.74) is 6.87. The van der Waals surface area contributed by atoms with Gasteiger partial charge in [-0.2, -0.15) is 9.97 Å². The van der Waals surface area contributed by atoms with Gasteiger partial charge in [0.15, 0.2) is 11.6 Å². The second-order valence-corrected chi connectivity index (χ2v) is 9.24. The summed E-state index contributed by atoms with van der Waals surface area (Å²) in [6.45, 7) is 0. The lowest BCUT2D eigenvalue weighted by Gasteiger charge is -2.10. The van der Waals surface area contributed by atoms with Gasteiger partial charge in [-0.3, -0.25) is 8.97 Å². The highest BCUT2D eigenvalue weighted by Crippen LogP contribution is 2.36. The van der Waals surface area contributed by atoms with E-state index in [0.717, 1.165) is 49.6 Å². The zero-order valence-electron chi connectivity index (χ0n) is 20.2. The second kappa shape index (κ2) is 8.08. The first-order valence-corrected chi connectivity index (χ1v) is 12.5. The largest absolute Gasteiger partial charge is 0.300 e. The number of imidazole rings is 1. The number of rotatable bonds is 3. The van der Waals surface area contributed by atoms with Gasteiger partial charge in [0, 0.05) is 28.1 Å². The summed E-state index contributed by atoms with van der Waals surface area (Å²) < 4.78 is 4.26. The summed E-state index contributed by atoms with van der Waals surface area (Å²) in [6.07, 6.45) is 2.06. The number of hydrogen-bond donors (Lipinski definition) is 0. The van der Waals surface area contributed by atoms with Crippen LogP contribution in [0, 0.1) is 0 Å². The Morgan fingerprint density at radius 1 is 0.474 bits per heavy atom. The predicted octanol–water partition coefficient (Wildman–Crippen LogP) is 7.10. The number of aromatic nitrogens is 6. The van der Waals surface area contributed by atoms with Crippen molar-refractivity contribution in [3.05, 3.63) is 121 Å². The topological polar surface area (TPSA) is 60.9 Å². The van der Waals surface area contributed by atoms with Crippen LogP contribution in [0.15, 0.2) is 121 Å². The van der Waals surface area contributed by atoms with E-state index in [1.165, 1.54) is 0 Å². The molecule has 0 fully saturated rings. The van der Waals surface area contributed by atoms with Crippen molar-refractivity contribution in [3.63, 3.8) is 0 Å². The maximum Gasteiger partial charge on any atom is 0.238 e. The van der Waals surface area contributed by atoms with Gasteiger partial charge >= 0.3 is 0 Å². The molecule has 178 valence electrons. The van der Waals surface area contributed by atoms with Gasteiger partial charge in [-0.25, -0.2) is 9.97 Å². The molecule has 0 amide bonds. The molecule has 0 atom stereocenters. The van der Waals surface area contributed by atoms with Crippen molar-refractivity contribution in [1.82, 2.24) is 28.9 Å². The van der Waals surface area contributed by atoms with Crippen LogP contribution in [-0.2, 0) is 0 Å². The first-order chi connectivity index (χ1) is 18.8. The Balaban J connectivity index is 1.49. The van der Waals surface area contributed by atoms with E-state index in [0.29, 0.717) is 17.6 Å². The van der Waals surface area contributed by atoms with E-state index in [1.54, 1.807) is 0 Å². The van der Waals surface area contributed by atoms with Crippen molar-refractivity contribution in [2.45, 2.75) is 0 Å². The summed E-state index contributed by atoms with van der Waals surface area (Å²) in [7, 11) is 0. The molecule has 0 aliphatic rings. The summed E-state index contributed by atoms with van der Waals surface area (Å²) in [5, 5.41) is 2.20. The average Bonchev–Trinajstić information content (AvgIpc) is 3.53. The van der Waals surface area contributed by atoms with Crippen LogP contribution in [0.1, 0.15) is 0 Å². The van der Waals surface area contributed by atoms with Crippen molar-refractivity contribution in [1.29, 1.82) is 0 Å². The molecule has 8 rings (SSSR count). The van der Waals surface area contributed by atoms with E-state index in [1.807, 2.05) is 78.9 Å². The van der Waals surface area contributed by atoms with Gasteiger partial charge in [0.05, 0.1) is 22.1 Å². The molecular formula is C32H20N6. The molecule has 0 unspecified atom stereocenters. The van der Waals surface area contributed by atoms with Gasteiger partial charge in [0.1, 0.15) is 5.65 Å². The summed E-state index contributed by atoms with van der Waals surface area (Å²) in [5.74, 6) is 1.84. The van der Waals surface area contributed by atoms with E-state index >= 15 is 0 Å². The minimum Gasteiger partial charge on any atom is -0.300 e. The van der Waals surface area contributed by atoms with Gasteiger partial charge in [-0.1, -0.05) is 84.9 Å². The fraction of sp³-hybridized carbons (Fsp3) is 0. The Hall–Kier alpha value is -5.36. The Bertz CT molecular complexity index is 2070. The molecule has 0 bridgehead atoms. The Labute approximate surface area is 217 Å². The van der Waals surface area contributed by atoms with E-state index in [9.17, 15) is 0 Å². The lowest BCUT2D eigenvalue weighted by Crippen LogP contribution is -2.06. The van der Waals surface area contributed by atoms with Crippen LogP contribution in [0.3, 0.4) is 0 Å². The second-order valence-electron chi connectivity index (χ2n) is 9.24. The Morgan fingerprint density at radius 2 is 1.11 bits per heavy atom. The molecule has 0 N–H and O–H groups in total. The number of para-hydroxylation sites is 1. The third-order valence-corrected chi connectivity index (χ3v) is 7.00. The Morgan fingerprint density at radius 3 is 1.84 bits per heavy atom. The van der Waals surface area contributed by atoms with E-state index in [2.05, 4.69) is 51.6 Å². The number of benzene rings is 4. The molecule has 0 radical (unpaired) electrons. The lowest BCUT2D eigenvalue weighted by atomic mass is 10.1. The van der Waals surface area contributed by atoms with Crippen LogP contribution in [0.5, 0.6) is 0 Å². The van der Waals surface area contributed by atoms with Crippen molar-refractivity contribution in [2.75, 3.05) is 0 Å². The molecule has 0 aliphatic heterocycles. The SMILES string of the molecule is c1ccc(-c2nc(-c3ccccc3)nc(-n3c4ccccc4c4c5nc6ccccn6c5ccc43)n2)cc1. The first-order valence-electron chi connectivity index (χ1n) is 12.5. The monoisotopic (exact) mass is 488 g/mol. The molecule has 4 aromatic heterocycles. The van der Waals surface area contributed by atoms with Crippen LogP contribution < -0.4 is 0 Å². The molecule has 0 saturated carbocycles. The molecule has 0 spiro atoms. The molecule has 38 heavy (non-hydrogen) atoms. The molecule has 6 heteroatoms. The van der Waals surface area contributed by atoms with Crippen LogP contribution in [-0.4, -0.2) is 28.9 Å². The molecule has 6 nitrogen and oxygen atoms in total. The highest BCUT2D eigenvalue weighted by Gasteiger charge is 2.20. The third kappa shape index (κ3) is 3.07. The summed E-state index contributed by atoms with van der Waals surface area (Å²) in [6, 6.07) is 38.9. The smallest absolute Gasteiger partial charge is 0.238 e. The van der Waals surface area contributed by atoms with E-state index < -0.39 is 0 Å². The Kier molecular flexibility index (Phi) is 4.42. The minimum atomic E-state index is 0.576. The zero-order valence-corrected chi connectivity index (χ0v) is 20.2. The van der Waals surface area contributed by atoms with E-state index in [-0.39, 0.29) is 0 Å². The lowest BCUT2D eigenvalue weighted by molar-refractivity contribution is 0.953. The number of hydrogen-bond acceptors (Lipinski definition) is 4. The van der Waals surface area contributed by atoms with Crippen molar-refractivity contribution in [2.24, 2.45) is 0 Å². The van der Waals surface area contributed by atoms with Crippen LogP contribution in [0.25, 0.3) is 67.2 Å². The van der Waals surface area contributed by atoms with Crippen molar-refractivity contribution < 1.29 is 0 Å². The molecular weight excluding hydrogens is 468 g/mol. The number of fused-ring (bicyclic) bond motifs is 7. The fourth-order valence-electron chi connectivity index (χ4n) is 5.30. The summed E-state index contributed by atoms with van der Waals surface area (Å²) >= 11 is 0. The molecule has 4 heterocycles. The van der Waals surface area contributed by atoms with Crippen molar-refractivity contribution in [3.8, 4) is 28.7 Å². The normalized spacial score (nSPS) is 11.7. The van der Waals surface area contributed by atoms with Gasteiger partial charge in [-0.05, 0) is 30.3 Å². The van der Waals surface area contributed by atoms with Gasteiger partial charge < -0.3 is 0 Å². The molecule has 0 aliphatic carbocycles. The average molecular weight is 489 g/mol. The highest BCUT2D eigenvalue weighted by molar-refractivity contribution is 6.20. The number of nitrogens with zero attached hydrogens (tertiary/aromatic N) is 6. The third-order valence-electron chi connectivity index (χ3n) is 7.00. The summed E-state index contributed by atoms with van der Waals surface area (Å²) in [4.78, 5) is 19.9. The maximum absolute atomic E-state index is 5.03. The quantitative estimate of drug-likeness (QED) is 0.266. The van der Waals surface area contributed by atoms with Crippen molar-refractivity contribution >= 4 is 38.5 Å². The molecule has 0 saturated heterocycles. The zero-order chi connectivity index (χ0) is 25.1. The number of pyridine rings is 1. The highest BCUT2D eigenvalue weighted by atomic mass is 15.2. The van der Waals surface area contributed by atoms with Crippen LogP contribution >= 0.6 is 0 Å². The van der Waals surface area contributed by atoms with Crippen LogP contribution in [0.4, 0.5) is 0 Å². The van der Waals surface area contributed by atoms with Crippen LogP contribution in [0.2, 0.25) is 0 Å². The standard InChI is InChI=1S/C32H20N6/c1-3-11-21(12-4-1)30-34-31(22-13-5-2-6-14-22)36-32(35-30)38-24-16-8-7-15-23(24)28-25(38)18-19-26-29(28)33-27-17-9-10-20-37(26)27/h1-20H. The van der Waals surface area contributed by atoms with Gasteiger partial charge in [0.2, 0.25) is 5.95 Å². The molecule has 4 aromatic carbocycles. The van der Waals surface area contributed by atoms with Gasteiger partial charge in [-0.15, -0.1) is 0 Å². The first kappa shape index (κ1) is 20.8. The maximum atomic E-state index is 5.03. The predicted molar refractivity (Wildman–Crippen MR) is 151 cm³/mol. The van der Waals surface area contributed by atoms with E-state index in [4.69, 9.17) is 19.9 Å². The van der Waals surface area contributed by atoms with Gasteiger partial charge in [0.25, 0.3) is 0 Å². The fourth-order valence-corrected chi connectivity index (χ4v) is 5.30.